The summed E-state index contributed by atoms with van der Waals surface area (Å²) in [7, 11) is -3.84. The van der Waals surface area contributed by atoms with Crippen LogP contribution in [0.2, 0.25) is 0 Å². The first-order valence-corrected chi connectivity index (χ1v) is 9.87. The zero-order chi connectivity index (χ0) is 19.9. The first-order chi connectivity index (χ1) is 12.2. The quantitative estimate of drug-likeness (QED) is 0.653. The summed E-state index contributed by atoms with van der Waals surface area (Å²) in [6.07, 6.45) is 0.708. The van der Waals surface area contributed by atoms with E-state index in [0.29, 0.717) is 6.42 Å². The highest BCUT2D eigenvalue weighted by molar-refractivity contribution is 7.89. The van der Waals surface area contributed by atoms with Gasteiger partial charge in [0.15, 0.2) is 6.61 Å². The number of esters is 1. The zero-order valence-corrected chi connectivity index (χ0v) is 16.2. The van der Waals surface area contributed by atoms with Crippen LogP contribution < -0.4 is 5.32 Å². The van der Waals surface area contributed by atoms with Crippen molar-refractivity contribution < 1.29 is 27.1 Å². The number of hydrogen-bond acceptors (Lipinski definition) is 5. The van der Waals surface area contributed by atoms with Crippen LogP contribution in [0.3, 0.4) is 0 Å². The topological polar surface area (TPSA) is 92.8 Å². The van der Waals surface area contributed by atoms with Gasteiger partial charge in [0.05, 0.1) is 10.5 Å². The number of carbonyl (C=O) groups is 2. The number of rotatable bonds is 9. The number of amides is 1. The Morgan fingerprint density at radius 2 is 1.85 bits per heavy atom. The van der Waals surface area contributed by atoms with Gasteiger partial charge in [-0.2, -0.15) is 4.31 Å². The third-order valence-electron chi connectivity index (χ3n) is 3.86. The predicted octanol–water partition coefficient (Wildman–Crippen LogP) is 1.93. The van der Waals surface area contributed by atoms with E-state index in [1.54, 1.807) is 20.8 Å². The number of carbonyl (C=O) groups excluding carboxylic acids is 2. The van der Waals surface area contributed by atoms with Gasteiger partial charge in [-0.3, -0.25) is 4.79 Å². The third-order valence-corrected chi connectivity index (χ3v) is 5.90. The molecule has 0 unspecified atom stereocenters. The molecule has 0 saturated heterocycles. The van der Waals surface area contributed by atoms with Crippen molar-refractivity contribution in [2.45, 2.75) is 45.1 Å². The van der Waals surface area contributed by atoms with E-state index in [1.807, 2.05) is 6.92 Å². The molecule has 26 heavy (non-hydrogen) atoms. The van der Waals surface area contributed by atoms with Crippen LogP contribution in [0.15, 0.2) is 23.1 Å². The molecule has 1 amide bonds. The van der Waals surface area contributed by atoms with Crippen LogP contribution in [0, 0.1) is 5.82 Å². The minimum Gasteiger partial charge on any atom is -0.452 e. The number of hydrogen-bond donors (Lipinski definition) is 1. The van der Waals surface area contributed by atoms with Gasteiger partial charge < -0.3 is 10.1 Å². The number of sulfonamides is 1. The first kappa shape index (κ1) is 22.0. The summed E-state index contributed by atoms with van der Waals surface area (Å²) in [5.74, 6) is -2.53. The lowest BCUT2D eigenvalue weighted by Crippen LogP contribution is -2.35. The van der Waals surface area contributed by atoms with Gasteiger partial charge in [-0.15, -0.1) is 0 Å². The van der Waals surface area contributed by atoms with E-state index in [2.05, 4.69) is 5.32 Å². The van der Waals surface area contributed by atoms with Crippen LogP contribution in [-0.2, 0) is 19.6 Å². The van der Waals surface area contributed by atoms with Gasteiger partial charge in [-0.05, 0) is 31.5 Å². The van der Waals surface area contributed by atoms with Crippen molar-refractivity contribution in [2.24, 2.45) is 0 Å². The van der Waals surface area contributed by atoms with Gasteiger partial charge in [0, 0.05) is 19.1 Å². The Hall–Kier alpha value is -2.00. The average molecular weight is 388 g/mol. The fourth-order valence-electron chi connectivity index (χ4n) is 2.16. The van der Waals surface area contributed by atoms with Crippen molar-refractivity contribution in [1.82, 2.24) is 9.62 Å². The molecule has 0 spiro atoms. The standard InChI is InChI=1S/C17H25FN2O5S/c1-5-12(4)19-16(21)11-25-17(22)14-10-13(8-9-15(14)18)26(23,24)20(6-2)7-3/h8-10,12H,5-7,11H2,1-4H3,(H,19,21)/t12-/m0/s1. The van der Waals surface area contributed by atoms with Crippen LogP contribution >= 0.6 is 0 Å². The Bertz CT molecular complexity index is 748. The molecule has 0 bridgehead atoms. The summed E-state index contributed by atoms with van der Waals surface area (Å²) >= 11 is 0. The van der Waals surface area contributed by atoms with E-state index < -0.39 is 39.9 Å². The molecule has 7 nitrogen and oxygen atoms in total. The van der Waals surface area contributed by atoms with Gasteiger partial charge in [-0.25, -0.2) is 17.6 Å². The van der Waals surface area contributed by atoms with E-state index in [1.165, 1.54) is 4.31 Å². The van der Waals surface area contributed by atoms with Crippen molar-refractivity contribution >= 4 is 21.9 Å². The van der Waals surface area contributed by atoms with Crippen LogP contribution in [0.1, 0.15) is 44.5 Å². The smallest absolute Gasteiger partial charge is 0.341 e. The number of halogens is 1. The largest absolute Gasteiger partial charge is 0.452 e. The normalized spacial score (nSPS) is 12.7. The maximum atomic E-state index is 14.0. The molecule has 146 valence electrons. The highest BCUT2D eigenvalue weighted by atomic mass is 32.2. The maximum absolute atomic E-state index is 14.0. The minimum atomic E-state index is -3.84. The summed E-state index contributed by atoms with van der Waals surface area (Å²) in [5.41, 5.74) is -0.533. The van der Waals surface area contributed by atoms with Crippen LogP contribution in [0.4, 0.5) is 4.39 Å². The molecule has 0 heterocycles. The molecular weight excluding hydrogens is 363 g/mol. The van der Waals surface area contributed by atoms with Crippen molar-refractivity contribution in [3.8, 4) is 0 Å². The van der Waals surface area contributed by atoms with Crippen molar-refractivity contribution in [2.75, 3.05) is 19.7 Å². The fraction of sp³-hybridized carbons (Fsp3) is 0.529. The summed E-state index contributed by atoms with van der Waals surface area (Å²) in [6.45, 7) is 6.94. The SMILES string of the molecule is CC[C@H](C)NC(=O)COC(=O)c1cc(S(=O)(=O)N(CC)CC)ccc1F. The van der Waals surface area contributed by atoms with Crippen LogP contribution in [0.25, 0.3) is 0 Å². The molecule has 0 radical (unpaired) electrons. The predicted molar refractivity (Wildman–Crippen MR) is 94.7 cm³/mol. The van der Waals surface area contributed by atoms with Gasteiger partial charge in [0.2, 0.25) is 10.0 Å². The molecule has 1 rings (SSSR count). The van der Waals surface area contributed by atoms with Crippen LogP contribution in [-0.4, -0.2) is 50.3 Å². The molecule has 1 N–H and O–H groups in total. The molecule has 0 aliphatic heterocycles. The Kier molecular flexibility index (Phi) is 8.16. The van der Waals surface area contributed by atoms with E-state index in [0.717, 1.165) is 18.2 Å². The number of nitrogens with one attached hydrogen (secondary N) is 1. The molecule has 9 heteroatoms. The third kappa shape index (κ3) is 5.50. The molecule has 1 atom stereocenters. The fourth-order valence-corrected chi connectivity index (χ4v) is 3.65. The van der Waals surface area contributed by atoms with Crippen molar-refractivity contribution in [3.63, 3.8) is 0 Å². The second kappa shape index (κ2) is 9.63. The molecule has 1 aromatic carbocycles. The average Bonchev–Trinajstić information content (AvgIpc) is 2.60. The number of ether oxygens (including phenoxy) is 1. The summed E-state index contributed by atoms with van der Waals surface area (Å²) in [4.78, 5) is 23.5. The lowest BCUT2D eigenvalue weighted by molar-refractivity contribution is -0.124. The summed E-state index contributed by atoms with van der Waals surface area (Å²) in [5, 5.41) is 2.60. The Morgan fingerprint density at radius 3 is 2.38 bits per heavy atom. The summed E-state index contributed by atoms with van der Waals surface area (Å²) in [6, 6.07) is 2.83. The summed E-state index contributed by atoms with van der Waals surface area (Å²) < 4.78 is 44.9. The molecule has 1 aromatic rings. The van der Waals surface area contributed by atoms with E-state index in [-0.39, 0.29) is 24.0 Å². The molecule has 0 aliphatic carbocycles. The second-order valence-electron chi connectivity index (χ2n) is 5.68. The Labute approximate surface area is 153 Å². The number of nitrogens with zero attached hydrogens (tertiary/aromatic N) is 1. The Morgan fingerprint density at radius 1 is 1.23 bits per heavy atom. The van der Waals surface area contributed by atoms with Gasteiger partial charge >= 0.3 is 5.97 Å². The van der Waals surface area contributed by atoms with Crippen LogP contribution in [0.5, 0.6) is 0 Å². The number of benzene rings is 1. The van der Waals surface area contributed by atoms with E-state index >= 15 is 0 Å². The molecule has 0 fully saturated rings. The lowest BCUT2D eigenvalue weighted by Gasteiger charge is -2.18. The Balaban J connectivity index is 2.97. The second-order valence-corrected chi connectivity index (χ2v) is 7.62. The monoisotopic (exact) mass is 388 g/mol. The minimum absolute atomic E-state index is 0.0829. The maximum Gasteiger partial charge on any atom is 0.341 e. The molecule has 0 saturated carbocycles. The van der Waals surface area contributed by atoms with Gasteiger partial charge in [0.1, 0.15) is 5.82 Å². The van der Waals surface area contributed by atoms with Gasteiger partial charge in [-0.1, -0.05) is 20.8 Å². The molecular formula is C17H25FN2O5S. The molecule has 0 aliphatic rings. The molecule has 0 aromatic heterocycles. The van der Waals surface area contributed by atoms with Crippen molar-refractivity contribution in [3.05, 3.63) is 29.6 Å². The van der Waals surface area contributed by atoms with Gasteiger partial charge in [0.25, 0.3) is 5.91 Å². The van der Waals surface area contributed by atoms with E-state index in [4.69, 9.17) is 4.74 Å². The highest BCUT2D eigenvalue weighted by Gasteiger charge is 2.25. The first-order valence-electron chi connectivity index (χ1n) is 8.43. The zero-order valence-electron chi connectivity index (χ0n) is 15.4. The lowest BCUT2D eigenvalue weighted by atomic mass is 10.2. The highest BCUT2D eigenvalue weighted by Crippen LogP contribution is 2.19. The van der Waals surface area contributed by atoms with Crippen molar-refractivity contribution in [1.29, 1.82) is 0 Å². The van der Waals surface area contributed by atoms with E-state index in [9.17, 15) is 22.4 Å².